The number of oxazole rings is 1. The molecule has 0 amide bonds. The van der Waals surface area contributed by atoms with Gasteiger partial charge in [-0.05, 0) is 44.2 Å². The molecule has 0 spiro atoms. The SMILES string of the molecule is Cc1cnc(Nc2ccc(N3CCNC(C)C3)nc2)nc1Nc1ccc2oc(=O)[nH]c2c1. The van der Waals surface area contributed by atoms with E-state index >= 15 is 0 Å². The molecule has 32 heavy (non-hydrogen) atoms. The summed E-state index contributed by atoms with van der Waals surface area (Å²) >= 11 is 0. The van der Waals surface area contributed by atoms with Gasteiger partial charge in [0.15, 0.2) is 5.58 Å². The Labute approximate surface area is 184 Å². The number of fused-ring (bicyclic) bond motifs is 1. The second-order valence-corrected chi connectivity index (χ2v) is 7.91. The van der Waals surface area contributed by atoms with Crippen LogP contribution >= 0.6 is 0 Å². The molecular weight excluding hydrogens is 408 g/mol. The fourth-order valence-electron chi connectivity index (χ4n) is 3.71. The van der Waals surface area contributed by atoms with Crippen molar-refractivity contribution in [3.8, 4) is 0 Å². The molecule has 10 nitrogen and oxygen atoms in total. The summed E-state index contributed by atoms with van der Waals surface area (Å²) in [5, 5.41) is 9.92. The van der Waals surface area contributed by atoms with E-state index in [1.54, 1.807) is 24.5 Å². The number of rotatable bonds is 5. The Morgan fingerprint density at radius 2 is 2.00 bits per heavy atom. The Kier molecular flexibility index (Phi) is 5.20. The van der Waals surface area contributed by atoms with Crippen molar-refractivity contribution in [2.45, 2.75) is 19.9 Å². The van der Waals surface area contributed by atoms with Crippen molar-refractivity contribution in [3.05, 3.63) is 58.8 Å². The van der Waals surface area contributed by atoms with Crippen molar-refractivity contribution in [1.82, 2.24) is 25.3 Å². The van der Waals surface area contributed by atoms with Crippen LogP contribution in [0, 0.1) is 6.92 Å². The lowest BCUT2D eigenvalue weighted by Gasteiger charge is -2.32. The van der Waals surface area contributed by atoms with Crippen molar-refractivity contribution in [1.29, 1.82) is 0 Å². The van der Waals surface area contributed by atoms with Crippen LogP contribution in [0.1, 0.15) is 12.5 Å². The number of nitrogens with zero attached hydrogens (tertiary/aromatic N) is 4. The topological polar surface area (TPSA) is 124 Å². The molecule has 10 heteroatoms. The molecule has 5 rings (SSSR count). The third-order valence-corrected chi connectivity index (χ3v) is 5.35. The summed E-state index contributed by atoms with van der Waals surface area (Å²) < 4.78 is 5.05. The largest absolute Gasteiger partial charge is 0.417 e. The number of anilines is 5. The molecule has 1 saturated heterocycles. The molecule has 0 radical (unpaired) electrons. The first-order valence-electron chi connectivity index (χ1n) is 10.5. The lowest BCUT2D eigenvalue weighted by Crippen LogP contribution is -2.49. The van der Waals surface area contributed by atoms with Gasteiger partial charge in [-0.2, -0.15) is 4.98 Å². The molecule has 1 aliphatic rings. The zero-order valence-corrected chi connectivity index (χ0v) is 17.8. The molecule has 1 unspecified atom stereocenters. The number of benzene rings is 1. The van der Waals surface area contributed by atoms with Crippen LogP contribution in [-0.2, 0) is 0 Å². The monoisotopic (exact) mass is 432 g/mol. The van der Waals surface area contributed by atoms with Gasteiger partial charge < -0.3 is 25.3 Å². The quantitative estimate of drug-likeness (QED) is 0.377. The van der Waals surface area contributed by atoms with Crippen molar-refractivity contribution in [3.63, 3.8) is 0 Å². The van der Waals surface area contributed by atoms with Gasteiger partial charge in [0.25, 0.3) is 0 Å². The molecule has 0 bridgehead atoms. The van der Waals surface area contributed by atoms with Crippen molar-refractivity contribution < 1.29 is 4.42 Å². The Morgan fingerprint density at radius 1 is 1.12 bits per heavy atom. The van der Waals surface area contributed by atoms with Gasteiger partial charge in [0.1, 0.15) is 11.6 Å². The zero-order valence-electron chi connectivity index (χ0n) is 17.8. The van der Waals surface area contributed by atoms with Crippen LogP contribution in [0.3, 0.4) is 0 Å². The molecule has 0 saturated carbocycles. The molecule has 4 aromatic rings. The normalized spacial score (nSPS) is 16.3. The molecule has 0 aliphatic carbocycles. The van der Waals surface area contributed by atoms with Gasteiger partial charge in [0, 0.05) is 43.1 Å². The number of H-pyrrole nitrogens is 1. The minimum atomic E-state index is -0.479. The van der Waals surface area contributed by atoms with Crippen molar-refractivity contribution >= 4 is 40.1 Å². The van der Waals surface area contributed by atoms with Crippen LogP contribution < -0.4 is 26.6 Å². The first-order valence-corrected chi connectivity index (χ1v) is 10.5. The minimum absolute atomic E-state index is 0.449. The highest BCUT2D eigenvalue weighted by Crippen LogP contribution is 2.24. The summed E-state index contributed by atoms with van der Waals surface area (Å²) in [6.45, 7) is 6.94. The maximum atomic E-state index is 11.4. The van der Waals surface area contributed by atoms with Gasteiger partial charge in [0.05, 0.1) is 17.4 Å². The molecular formula is C22H24N8O2. The third kappa shape index (κ3) is 4.26. The van der Waals surface area contributed by atoms with Crippen molar-refractivity contribution in [2.24, 2.45) is 0 Å². The maximum Gasteiger partial charge on any atom is 0.417 e. The fraction of sp³-hybridized carbons (Fsp3) is 0.273. The first-order chi connectivity index (χ1) is 15.5. The summed E-state index contributed by atoms with van der Waals surface area (Å²) in [7, 11) is 0. The van der Waals surface area contributed by atoms with Gasteiger partial charge in [-0.3, -0.25) is 4.98 Å². The Morgan fingerprint density at radius 3 is 2.81 bits per heavy atom. The molecule has 1 aromatic carbocycles. The van der Waals surface area contributed by atoms with Crippen LogP contribution in [0.4, 0.5) is 29.0 Å². The number of aryl methyl sites for hydroxylation is 1. The number of aromatic nitrogens is 4. The van der Waals surface area contributed by atoms with Gasteiger partial charge >= 0.3 is 5.76 Å². The van der Waals surface area contributed by atoms with Crippen LogP contribution in [0.25, 0.3) is 11.1 Å². The smallest absolute Gasteiger partial charge is 0.408 e. The summed E-state index contributed by atoms with van der Waals surface area (Å²) in [5.41, 5.74) is 3.60. The van der Waals surface area contributed by atoms with Crippen LogP contribution in [0.2, 0.25) is 0 Å². The number of hydrogen-bond donors (Lipinski definition) is 4. The number of hydrogen-bond acceptors (Lipinski definition) is 9. The van der Waals surface area contributed by atoms with Gasteiger partial charge in [-0.15, -0.1) is 0 Å². The summed E-state index contributed by atoms with van der Waals surface area (Å²) in [6, 6.07) is 9.80. The Bertz CT molecular complexity index is 1300. The molecule has 4 N–H and O–H groups in total. The number of piperazine rings is 1. The second kappa shape index (κ2) is 8.31. The second-order valence-electron chi connectivity index (χ2n) is 7.91. The van der Waals surface area contributed by atoms with E-state index in [2.05, 4.69) is 47.7 Å². The Balaban J connectivity index is 1.31. The van der Waals surface area contributed by atoms with E-state index in [-0.39, 0.29) is 0 Å². The predicted octanol–water partition coefficient (Wildman–Crippen LogP) is 2.90. The molecule has 4 heterocycles. The summed E-state index contributed by atoms with van der Waals surface area (Å²) in [5.74, 6) is 1.60. The average molecular weight is 432 g/mol. The van der Waals surface area contributed by atoms with E-state index in [0.29, 0.717) is 28.9 Å². The van der Waals surface area contributed by atoms with E-state index in [9.17, 15) is 4.79 Å². The Hall–Kier alpha value is -3.92. The third-order valence-electron chi connectivity index (χ3n) is 5.35. The zero-order chi connectivity index (χ0) is 22.1. The van der Waals surface area contributed by atoms with Crippen molar-refractivity contribution in [2.75, 3.05) is 35.2 Å². The van der Waals surface area contributed by atoms with E-state index in [1.165, 1.54) is 0 Å². The molecule has 3 aromatic heterocycles. The highest BCUT2D eigenvalue weighted by molar-refractivity contribution is 5.78. The predicted molar refractivity (Wildman–Crippen MR) is 124 cm³/mol. The summed E-state index contributed by atoms with van der Waals surface area (Å²) in [6.07, 6.45) is 3.54. The minimum Gasteiger partial charge on any atom is -0.408 e. The van der Waals surface area contributed by atoms with Gasteiger partial charge in [0.2, 0.25) is 5.95 Å². The van der Waals surface area contributed by atoms with Gasteiger partial charge in [-0.25, -0.2) is 14.8 Å². The van der Waals surface area contributed by atoms with Gasteiger partial charge in [-0.1, -0.05) is 0 Å². The van der Waals surface area contributed by atoms with Crippen LogP contribution in [-0.4, -0.2) is 45.6 Å². The van der Waals surface area contributed by atoms with Crippen LogP contribution in [0.5, 0.6) is 0 Å². The highest BCUT2D eigenvalue weighted by Gasteiger charge is 2.16. The fourth-order valence-corrected chi connectivity index (χ4v) is 3.71. The maximum absolute atomic E-state index is 11.4. The number of aromatic amines is 1. The van der Waals surface area contributed by atoms with E-state index in [0.717, 1.165) is 42.4 Å². The summed E-state index contributed by atoms with van der Waals surface area (Å²) in [4.78, 5) is 29.9. The van der Waals surface area contributed by atoms with E-state index in [1.807, 2.05) is 25.1 Å². The lowest BCUT2D eigenvalue weighted by atomic mass is 10.2. The number of pyridine rings is 1. The standard InChI is InChI=1S/C22H24N8O2/c1-13-10-25-21(27-16-4-6-19(24-11-16)30-8-7-23-14(2)12-30)29-20(13)26-15-3-5-18-17(9-15)28-22(31)32-18/h3-6,9-11,14,23H,7-8,12H2,1-2H3,(H,28,31)(H2,25,26,27,29). The first kappa shape index (κ1) is 20.0. The lowest BCUT2D eigenvalue weighted by molar-refractivity contribution is 0.482. The highest BCUT2D eigenvalue weighted by atomic mass is 16.4. The van der Waals surface area contributed by atoms with Crippen LogP contribution in [0.15, 0.2) is 51.9 Å². The average Bonchev–Trinajstić information content (AvgIpc) is 3.16. The molecule has 1 atom stereocenters. The molecule has 1 fully saturated rings. The van der Waals surface area contributed by atoms with E-state index < -0.39 is 5.76 Å². The molecule has 1 aliphatic heterocycles. The molecule has 164 valence electrons. The van der Waals surface area contributed by atoms with E-state index in [4.69, 9.17) is 4.42 Å². The number of nitrogens with one attached hydrogen (secondary N) is 4.